The molecule has 3 heteroatoms. The summed E-state index contributed by atoms with van der Waals surface area (Å²) in [6, 6.07) is 7.87. The third-order valence-electron chi connectivity index (χ3n) is 3.05. The van der Waals surface area contributed by atoms with E-state index in [0.717, 1.165) is 17.8 Å². The average Bonchev–Trinajstić information content (AvgIpc) is 2.68. The first-order chi connectivity index (χ1) is 7.33. The van der Waals surface area contributed by atoms with E-state index in [0.29, 0.717) is 5.92 Å². The van der Waals surface area contributed by atoms with Crippen LogP contribution in [-0.4, -0.2) is 7.12 Å². The maximum Gasteiger partial charge on any atom is 0.595 e. The number of fused-ring (bicyclic) bond motifs is 1. The lowest BCUT2D eigenvalue weighted by atomic mass is 9.75. The molecule has 0 saturated heterocycles. The molecule has 0 spiro atoms. The van der Waals surface area contributed by atoms with Gasteiger partial charge in [-0.15, -0.1) is 0 Å². The molecule has 0 aliphatic carbocycles. The van der Waals surface area contributed by atoms with E-state index in [4.69, 9.17) is 9.31 Å². The lowest BCUT2D eigenvalue weighted by molar-refractivity contribution is 0.447. The Kier molecular flexibility index (Phi) is 3.19. The number of para-hydroxylation sites is 2. The summed E-state index contributed by atoms with van der Waals surface area (Å²) in [7, 11) is -0.0766. The van der Waals surface area contributed by atoms with Crippen molar-refractivity contribution >= 4 is 7.12 Å². The van der Waals surface area contributed by atoms with Gasteiger partial charge < -0.3 is 9.31 Å². The van der Waals surface area contributed by atoms with Crippen LogP contribution in [0.4, 0.5) is 0 Å². The van der Waals surface area contributed by atoms with Gasteiger partial charge in [-0.25, -0.2) is 0 Å². The first-order valence-corrected chi connectivity index (χ1v) is 5.75. The van der Waals surface area contributed by atoms with Crippen LogP contribution in [0.1, 0.15) is 26.7 Å². The van der Waals surface area contributed by atoms with Crippen LogP contribution in [0, 0.1) is 5.92 Å². The van der Waals surface area contributed by atoms with E-state index in [-0.39, 0.29) is 7.12 Å². The lowest BCUT2D eigenvalue weighted by Gasteiger charge is -2.12. The summed E-state index contributed by atoms with van der Waals surface area (Å²) in [6.07, 6.45) is 3.37. The van der Waals surface area contributed by atoms with Crippen molar-refractivity contribution < 1.29 is 9.31 Å². The van der Waals surface area contributed by atoms with Crippen molar-refractivity contribution in [1.82, 2.24) is 0 Å². The van der Waals surface area contributed by atoms with E-state index < -0.39 is 0 Å². The zero-order chi connectivity index (χ0) is 10.7. The Bertz CT molecular complexity index is 298. The van der Waals surface area contributed by atoms with Crippen molar-refractivity contribution in [3.05, 3.63) is 24.3 Å². The largest absolute Gasteiger partial charge is 0.595 e. The molecule has 1 aromatic carbocycles. The molecule has 0 unspecified atom stereocenters. The molecule has 0 fully saturated rings. The summed E-state index contributed by atoms with van der Waals surface area (Å²) in [4.78, 5) is 0. The molecule has 0 saturated carbocycles. The molecule has 1 aromatic rings. The molecule has 1 aliphatic rings. The van der Waals surface area contributed by atoms with Crippen LogP contribution in [0.25, 0.3) is 0 Å². The third kappa shape index (κ3) is 2.28. The maximum atomic E-state index is 5.72. The van der Waals surface area contributed by atoms with Gasteiger partial charge in [-0.3, -0.25) is 0 Å². The smallest absolute Gasteiger partial charge is 0.523 e. The molecule has 0 bridgehead atoms. The van der Waals surface area contributed by atoms with E-state index in [1.165, 1.54) is 12.8 Å². The topological polar surface area (TPSA) is 18.5 Å². The summed E-state index contributed by atoms with van der Waals surface area (Å²) in [5.41, 5.74) is 0. The summed E-state index contributed by atoms with van der Waals surface area (Å²) >= 11 is 0. The van der Waals surface area contributed by atoms with E-state index >= 15 is 0 Å². The van der Waals surface area contributed by atoms with Gasteiger partial charge in [0.1, 0.15) is 11.5 Å². The van der Waals surface area contributed by atoms with Gasteiger partial charge >= 0.3 is 7.12 Å². The Balaban J connectivity index is 1.95. The fourth-order valence-corrected chi connectivity index (χ4v) is 1.94. The van der Waals surface area contributed by atoms with E-state index in [1.54, 1.807) is 0 Å². The fourth-order valence-electron chi connectivity index (χ4n) is 1.94. The Morgan fingerprint density at radius 2 is 1.60 bits per heavy atom. The zero-order valence-electron chi connectivity index (χ0n) is 9.40. The van der Waals surface area contributed by atoms with Gasteiger partial charge in [0, 0.05) is 6.32 Å². The highest BCUT2D eigenvalue weighted by atomic mass is 16.6. The standard InChI is InChI=1S/C12H17BO2/c1-3-10(4-2)9-13-14-11-7-5-6-8-12(11)15-13/h5-8,10H,3-4,9H2,1-2H3. The Labute approximate surface area is 91.7 Å². The molecule has 2 rings (SSSR count). The van der Waals surface area contributed by atoms with Crippen LogP contribution < -0.4 is 9.31 Å². The summed E-state index contributed by atoms with van der Waals surface area (Å²) in [6.45, 7) is 4.44. The highest BCUT2D eigenvalue weighted by Crippen LogP contribution is 2.34. The quantitative estimate of drug-likeness (QED) is 0.700. The minimum absolute atomic E-state index is 0.0766. The summed E-state index contributed by atoms with van der Waals surface area (Å²) < 4.78 is 11.4. The average molecular weight is 204 g/mol. The zero-order valence-corrected chi connectivity index (χ0v) is 9.40. The van der Waals surface area contributed by atoms with Crippen LogP contribution in [0.5, 0.6) is 11.5 Å². The Morgan fingerprint density at radius 1 is 1.07 bits per heavy atom. The van der Waals surface area contributed by atoms with Crippen molar-refractivity contribution in [2.75, 3.05) is 0 Å². The highest BCUT2D eigenvalue weighted by molar-refractivity contribution is 6.47. The lowest BCUT2D eigenvalue weighted by Crippen LogP contribution is -2.27. The monoisotopic (exact) mass is 204 g/mol. The fraction of sp³-hybridized carbons (Fsp3) is 0.500. The second-order valence-corrected chi connectivity index (χ2v) is 4.03. The number of rotatable bonds is 4. The van der Waals surface area contributed by atoms with Gasteiger partial charge in [0.15, 0.2) is 0 Å². The van der Waals surface area contributed by atoms with E-state index in [2.05, 4.69) is 13.8 Å². The minimum atomic E-state index is -0.0766. The number of hydrogen-bond acceptors (Lipinski definition) is 2. The van der Waals surface area contributed by atoms with Gasteiger partial charge in [0.2, 0.25) is 0 Å². The van der Waals surface area contributed by atoms with Crippen LogP contribution in [-0.2, 0) is 0 Å². The second kappa shape index (κ2) is 4.60. The van der Waals surface area contributed by atoms with Crippen molar-refractivity contribution in [3.8, 4) is 11.5 Å². The van der Waals surface area contributed by atoms with Crippen LogP contribution in [0.3, 0.4) is 0 Å². The Morgan fingerprint density at radius 3 is 2.07 bits per heavy atom. The molecule has 15 heavy (non-hydrogen) atoms. The predicted octanol–water partition coefficient (Wildman–Crippen LogP) is 3.38. The van der Waals surface area contributed by atoms with Gasteiger partial charge in [0.05, 0.1) is 0 Å². The normalized spacial score (nSPS) is 13.7. The highest BCUT2D eigenvalue weighted by Gasteiger charge is 2.33. The second-order valence-electron chi connectivity index (χ2n) is 4.03. The van der Waals surface area contributed by atoms with E-state index in [9.17, 15) is 0 Å². The summed E-state index contributed by atoms with van der Waals surface area (Å²) in [5.74, 6) is 2.46. The summed E-state index contributed by atoms with van der Waals surface area (Å²) in [5, 5.41) is 0. The van der Waals surface area contributed by atoms with Crippen molar-refractivity contribution in [3.63, 3.8) is 0 Å². The van der Waals surface area contributed by atoms with Crippen molar-refractivity contribution in [2.24, 2.45) is 5.92 Å². The molecule has 0 atom stereocenters. The molecule has 0 amide bonds. The van der Waals surface area contributed by atoms with Crippen LogP contribution >= 0.6 is 0 Å². The minimum Gasteiger partial charge on any atom is -0.523 e. The molecule has 0 radical (unpaired) electrons. The van der Waals surface area contributed by atoms with Gasteiger partial charge in [0.25, 0.3) is 0 Å². The number of hydrogen-bond donors (Lipinski definition) is 0. The van der Waals surface area contributed by atoms with E-state index in [1.807, 2.05) is 24.3 Å². The van der Waals surface area contributed by atoms with Gasteiger partial charge in [-0.2, -0.15) is 0 Å². The first kappa shape index (κ1) is 10.4. The third-order valence-corrected chi connectivity index (χ3v) is 3.05. The molecular formula is C12H17BO2. The molecular weight excluding hydrogens is 187 g/mol. The molecule has 80 valence electrons. The molecule has 0 aromatic heterocycles. The SMILES string of the molecule is CCC(CC)CB1Oc2ccccc2O1. The van der Waals surface area contributed by atoms with Crippen LogP contribution in [0.2, 0.25) is 6.32 Å². The van der Waals surface area contributed by atoms with Gasteiger partial charge in [-0.05, 0) is 18.1 Å². The van der Waals surface area contributed by atoms with Crippen molar-refractivity contribution in [1.29, 1.82) is 0 Å². The first-order valence-electron chi connectivity index (χ1n) is 5.75. The number of benzene rings is 1. The predicted molar refractivity (Wildman–Crippen MR) is 62.3 cm³/mol. The molecule has 2 nitrogen and oxygen atoms in total. The maximum absolute atomic E-state index is 5.72. The van der Waals surface area contributed by atoms with Crippen LogP contribution in [0.15, 0.2) is 24.3 Å². The Hall–Kier alpha value is -1.12. The molecule has 0 N–H and O–H groups in total. The van der Waals surface area contributed by atoms with Gasteiger partial charge in [-0.1, -0.05) is 38.8 Å². The molecule has 1 aliphatic heterocycles. The molecule has 1 heterocycles. The van der Waals surface area contributed by atoms with Crippen molar-refractivity contribution in [2.45, 2.75) is 33.0 Å².